The maximum absolute atomic E-state index is 13.3. The third-order valence-electron chi connectivity index (χ3n) is 4.53. The molecule has 0 spiro atoms. The number of benzene rings is 1. The van der Waals surface area contributed by atoms with Crippen LogP contribution in [0.15, 0.2) is 29.6 Å². The zero-order chi connectivity index (χ0) is 22.0. The van der Waals surface area contributed by atoms with Gasteiger partial charge < -0.3 is 14.2 Å². The number of rotatable bonds is 4. The normalized spacial score (nSPS) is 14.6. The quantitative estimate of drug-likeness (QED) is 0.584. The van der Waals surface area contributed by atoms with E-state index >= 15 is 0 Å². The highest BCUT2D eigenvalue weighted by Gasteiger charge is 2.38. The van der Waals surface area contributed by atoms with Crippen LogP contribution in [-0.4, -0.2) is 52.7 Å². The lowest BCUT2D eigenvalue weighted by Crippen LogP contribution is -2.43. The van der Waals surface area contributed by atoms with Crippen molar-refractivity contribution in [1.29, 1.82) is 0 Å². The molecule has 13 heteroatoms. The molecule has 0 bridgehead atoms. The lowest BCUT2D eigenvalue weighted by atomic mass is 10.3. The summed E-state index contributed by atoms with van der Waals surface area (Å²) in [4.78, 5) is 34.3. The smallest absolute Gasteiger partial charge is 0.378 e. The summed E-state index contributed by atoms with van der Waals surface area (Å²) in [7, 11) is 0. The highest BCUT2D eigenvalue weighted by atomic mass is 32.1. The first-order valence-electron chi connectivity index (χ1n) is 9.23. The number of carbonyl (C=O) groups is 2. The predicted octanol–water partition coefficient (Wildman–Crippen LogP) is 1.81. The second-order valence-electron chi connectivity index (χ2n) is 6.63. The van der Waals surface area contributed by atoms with E-state index in [1.165, 1.54) is 28.8 Å². The molecule has 0 radical (unpaired) electrons. The van der Waals surface area contributed by atoms with Gasteiger partial charge in [0.1, 0.15) is 12.2 Å². The minimum absolute atomic E-state index is 0.0934. The van der Waals surface area contributed by atoms with E-state index in [1.54, 1.807) is 12.1 Å². The monoisotopic (exact) mass is 454 g/mol. The first-order chi connectivity index (χ1) is 14.8. The number of fused-ring (bicyclic) bond motifs is 1. The Morgan fingerprint density at radius 2 is 1.87 bits per heavy atom. The van der Waals surface area contributed by atoms with Gasteiger partial charge >= 0.3 is 6.18 Å². The fraction of sp³-hybridized carbons (Fsp3) is 0.333. The van der Waals surface area contributed by atoms with Crippen LogP contribution in [-0.2, 0) is 22.3 Å². The predicted molar refractivity (Wildman–Crippen MR) is 105 cm³/mol. The number of para-hydroxylation sites is 2. The van der Waals surface area contributed by atoms with Crippen LogP contribution in [0, 0.1) is 0 Å². The van der Waals surface area contributed by atoms with Crippen LogP contribution in [0.25, 0.3) is 11.0 Å². The van der Waals surface area contributed by atoms with E-state index in [0.717, 1.165) is 4.57 Å². The summed E-state index contributed by atoms with van der Waals surface area (Å²) in [6.07, 6.45) is -4.74. The van der Waals surface area contributed by atoms with Gasteiger partial charge in [0.15, 0.2) is 5.13 Å². The standard InChI is InChI=1S/C18H17F3N6O3S/c19-18(20,21)16-22-11-3-1-2-4-13(11)27(16)9-14(28)24-25-15(29)12-10-31-17(23-12)26-5-7-30-8-6-26/h1-4,10H,5-9H2,(H,24,28)(H,25,29). The molecule has 2 amide bonds. The van der Waals surface area contributed by atoms with Crippen molar-refractivity contribution >= 4 is 39.3 Å². The second kappa shape index (κ2) is 8.51. The van der Waals surface area contributed by atoms with Gasteiger partial charge in [-0.3, -0.25) is 20.4 Å². The maximum Gasteiger partial charge on any atom is 0.449 e. The van der Waals surface area contributed by atoms with Crippen LogP contribution in [0.4, 0.5) is 18.3 Å². The number of alkyl halides is 3. The molecule has 1 saturated heterocycles. The molecule has 31 heavy (non-hydrogen) atoms. The molecule has 1 aliphatic heterocycles. The molecule has 0 unspecified atom stereocenters. The lowest BCUT2D eigenvalue weighted by Gasteiger charge is -2.25. The second-order valence-corrected chi connectivity index (χ2v) is 7.46. The van der Waals surface area contributed by atoms with Gasteiger partial charge in [-0.25, -0.2) is 9.97 Å². The van der Waals surface area contributed by atoms with E-state index in [9.17, 15) is 22.8 Å². The number of ether oxygens (including phenoxy) is 1. The van der Waals surface area contributed by atoms with Crippen molar-refractivity contribution in [2.24, 2.45) is 0 Å². The number of hydrogen-bond donors (Lipinski definition) is 2. The van der Waals surface area contributed by atoms with Crippen LogP contribution in [0.1, 0.15) is 16.3 Å². The number of carbonyl (C=O) groups excluding carboxylic acids is 2. The molecule has 164 valence electrons. The molecule has 1 aliphatic rings. The number of nitrogens with one attached hydrogen (secondary N) is 2. The number of thiazole rings is 1. The molecule has 9 nitrogen and oxygen atoms in total. The van der Waals surface area contributed by atoms with Crippen LogP contribution < -0.4 is 15.8 Å². The molecule has 2 N–H and O–H groups in total. The molecule has 3 aromatic rings. The van der Waals surface area contributed by atoms with Gasteiger partial charge in [-0.15, -0.1) is 11.3 Å². The average molecular weight is 454 g/mol. The van der Waals surface area contributed by atoms with Gasteiger partial charge in [0.2, 0.25) is 5.82 Å². The highest BCUT2D eigenvalue weighted by molar-refractivity contribution is 7.13. The summed E-state index contributed by atoms with van der Waals surface area (Å²) in [6, 6.07) is 5.97. The van der Waals surface area contributed by atoms with Crippen molar-refractivity contribution in [1.82, 2.24) is 25.4 Å². The van der Waals surface area contributed by atoms with Crippen LogP contribution in [0.3, 0.4) is 0 Å². The molecule has 1 aromatic carbocycles. The Hall–Kier alpha value is -3.19. The van der Waals surface area contributed by atoms with Gasteiger partial charge in [0.05, 0.1) is 24.2 Å². The summed E-state index contributed by atoms with van der Waals surface area (Å²) in [5.74, 6) is -2.70. The van der Waals surface area contributed by atoms with Crippen molar-refractivity contribution in [2.75, 3.05) is 31.2 Å². The van der Waals surface area contributed by atoms with Crippen LogP contribution in [0.2, 0.25) is 0 Å². The van der Waals surface area contributed by atoms with Gasteiger partial charge in [-0.05, 0) is 12.1 Å². The fourth-order valence-electron chi connectivity index (χ4n) is 3.09. The largest absolute Gasteiger partial charge is 0.449 e. The van der Waals surface area contributed by atoms with E-state index in [2.05, 4.69) is 20.8 Å². The molecule has 2 aromatic heterocycles. The minimum atomic E-state index is -4.74. The fourth-order valence-corrected chi connectivity index (χ4v) is 3.95. The lowest BCUT2D eigenvalue weighted by molar-refractivity contribution is -0.147. The molecule has 3 heterocycles. The summed E-state index contributed by atoms with van der Waals surface area (Å²) >= 11 is 1.28. The number of nitrogens with zero attached hydrogens (tertiary/aromatic N) is 4. The van der Waals surface area contributed by atoms with Crippen molar-refractivity contribution < 1.29 is 27.5 Å². The van der Waals surface area contributed by atoms with E-state index in [-0.39, 0.29) is 16.7 Å². The molecule has 4 rings (SSSR count). The van der Waals surface area contributed by atoms with Gasteiger partial charge in [0.25, 0.3) is 11.8 Å². The van der Waals surface area contributed by atoms with Crippen LogP contribution in [0.5, 0.6) is 0 Å². The number of imidazole rings is 1. The number of hydrazine groups is 1. The Morgan fingerprint density at radius 3 is 2.61 bits per heavy atom. The summed E-state index contributed by atoms with van der Waals surface area (Å²) in [5.41, 5.74) is 4.68. The van der Waals surface area contributed by atoms with Gasteiger partial charge in [0, 0.05) is 18.5 Å². The Morgan fingerprint density at radius 1 is 1.13 bits per heavy atom. The molecular formula is C18H17F3N6O3S. The molecule has 0 atom stereocenters. The molecule has 0 aliphatic carbocycles. The average Bonchev–Trinajstić information content (AvgIpc) is 3.38. The SMILES string of the molecule is O=C(Cn1c(C(F)(F)F)nc2ccccc21)NNC(=O)c1csc(N2CCOCC2)n1. The van der Waals surface area contributed by atoms with Crippen molar-refractivity contribution in [2.45, 2.75) is 12.7 Å². The Bertz CT molecular complexity index is 1110. The maximum atomic E-state index is 13.3. The van der Waals surface area contributed by atoms with Crippen molar-refractivity contribution in [3.63, 3.8) is 0 Å². The Kier molecular flexibility index (Phi) is 5.78. The van der Waals surface area contributed by atoms with E-state index in [1.807, 2.05) is 4.90 Å². The zero-order valence-corrected chi connectivity index (χ0v) is 16.8. The molecule has 1 fully saturated rings. The Balaban J connectivity index is 1.41. The molecular weight excluding hydrogens is 437 g/mol. The number of hydrogen-bond acceptors (Lipinski definition) is 7. The van der Waals surface area contributed by atoms with E-state index < -0.39 is 30.4 Å². The number of anilines is 1. The summed E-state index contributed by atoms with van der Waals surface area (Å²) < 4.78 is 46.0. The first-order valence-corrected chi connectivity index (χ1v) is 10.1. The van der Waals surface area contributed by atoms with Gasteiger partial charge in [-0.2, -0.15) is 13.2 Å². The summed E-state index contributed by atoms with van der Waals surface area (Å²) in [6.45, 7) is 1.78. The van der Waals surface area contributed by atoms with E-state index in [4.69, 9.17) is 4.74 Å². The van der Waals surface area contributed by atoms with Crippen molar-refractivity contribution in [3.05, 3.63) is 41.2 Å². The third-order valence-corrected chi connectivity index (χ3v) is 5.43. The number of morpholine rings is 1. The van der Waals surface area contributed by atoms with E-state index in [0.29, 0.717) is 31.4 Å². The van der Waals surface area contributed by atoms with Gasteiger partial charge in [-0.1, -0.05) is 12.1 Å². The number of aromatic nitrogens is 3. The Labute approximate surface area is 177 Å². The number of amides is 2. The molecule has 0 saturated carbocycles. The topological polar surface area (TPSA) is 101 Å². The minimum Gasteiger partial charge on any atom is -0.378 e. The third kappa shape index (κ3) is 4.61. The zero-order valence-electron chi connectivity index (χ0n) is 16.0. The highest BCUT2D eigenvalue weighted by Crippen LogP contribution is 2.31. The summed E-state index contributed by atoms with van der Waals surface area (Å²) in [5, 5.41) is 2.19. The first kappa shape index (κ1) is 21.1. The number of halogens is 3. The van der Waals surface area contributed by atoms with Crippen molar-refractivity contribution in [3.8, 4) is 0 Å². The van der Waals surface area contributed by atoms with Crippen LogP contribution >= 0.6 is 11.3 Å².